The Morgan fingerprint density at radius 3 is 2.41 bits per heavy atom. The zero-order valence-electron chi connectivity index (χ0n) is 15.7. The van der Waals surface area contributed by atoms with Crippen molar-refractivity contribution in [1.29, 1.82) is 0 Å². The lowest BCUT2D eigenvalue weighted by atomic mass is 10.1. The maximum Gasteiger partial charge on any atom is 0.261 e. The molecule has 0 bridgehead atoms. The predicted octanol–water partition coefficient (Wildman–Crippen LogP) is 3.15. The highest BCUT2D eigenvalue weighted by atomic mass is 19.1. The van der Waals surface area contributed by atoms with Gasteiger partial charge in [0.05, 0.1) is 0 Å². The summed E-state index contributed by atoms with van der Waals surface area (Å²) in [6.07, 6.45) is 0.818. The fraction of sp³-hybridized carbons (Fsp3) is 0.333. The van der Waals surface area contributed by atoms with Crippen LogP contribution in [0.3, 0.4) is 0 Å². The van der Waals surface area contributed by atoms with Crippen LogP contribution in [0.2, 0.25) is 0 Å². The summed E-state index contributed by atoms with van der Waals surface area (Å²) in [6, 6.07) is 14.3. The monoisotopic (exact) mass is 372 g/mol. The van der Waals surface area contributed by atoms with Crippen molar-refractivity contribution >= 4 is 11.8 Å². The highest BCUT2D eigenvalue weighted by Gasteiger charge is 2.26. The number of carbonyl (C=O) groups excluding carboxylic acids is 2. The van der Waals surface area contributed by atoms with Crippen molar-refractivity contribution in [2.45, 2.75) is 32.9 Å². The second-order valence-corrected chi connectivity index (χ2v) is 6.22. The van der Waals surface area contributed by atoms with E-state index >= 15 is 0 Å². The molecule has 0 aliphatic heterocycles. The second-order valence-electron chi connectivity index (χ2n) is 6.22. The quantitative estimate of drug-likeness (QED) is 0.736. The first kappa shape index (κ1) is 20.4. The third kappa shape index (κ3) is 6.40. The van der Waals surface area contributed by atoms with Crippen LogP contribution in [0.4, 0.5) is 4.39 Å². The summed E-state index contributed by atoms with van der Waals surface area (Å²) in [4.78, 5) is 26.6. The Morgan fingerprint density at radius 1 is 1.11 bits per heavy atom. The van der Waals surface area contributed by atoms with E-state index in [2.05, 4.69) is 5.32 Å². The molecule has 1 atom stereocenters. The number of carbonyl (C=O) groups is 2. The van der Waals surface area contributed by atoms with E-state index in [1.807, 2.05) is 37.3 Å². The summed E-state index contributed by atoms with van der Waals surface area (Å²) in [5, 5.41) is 2.82. The molecule has 0 fully saturated rings. The molecule has 0 heterocycles. The Hall–Kier alpha value is -2.89. The van der Waals surface area contributed by atoms with Gasteiger partial charge < -0.3 is 15.0 Å². The van der Waals surface area contributed by atoms with Crippen LogP contribution in [0.5, 0.6) is 5.75 Å². The van der Waals surface area contributed by atoms with Gasteiger partial charge in [-0.3, -0.25) is 9.59 Å². The molecular weight excluding hydrogens is 347 g/mol. The topological polar surface area (TPSA) is 58.6 Å². The molecule has 0 saturated heterocycles. The van der Waals surface area contributed by atoms with Crippen molar-refractivity contribution < 1.29 is 18.7 Å². The van der Waals surface area contributed by atoms with Crippen molar-refractivity contribution in [3.8, 4) is 5.75 Å². The van der Waals surface area contributed by atoms with Crippen molar-refractivity contribution in [3.05, 3.63) is 66.0 Å². The molecule has 0 aliphatic carbocycles. The maximum atomic E-state index is 13.0. The average Bonchev–Trinajstić information content (AvgIpc) is 2.69. The third-order valence-corrected chi connectivity index (χ3v) is 4.09. The van der Waals surface area contributed by atoms with Crippen LogP contribution >= 0.6 is 0 Å². The van der Waals surface area contributed by atoms with E-state index in [0.717, 1.165) is 12.0 Å². The fourth-order valence-corrected chi connectivity index (χ4v) is 2.52. The lowest BCUT2D eigenvalue weighted by Gasteiger charge is -2.28. The van der Waals surface area contributed by atoms with Crippen LogP contribution < -0.4 is 10.1 Å². The van der Waals surface area contributed by atoms with Crippen molar-refractivity contribution in [1.82, 2.24) is 10.2 Å². The minimum absolute atomic E-state index is 0.206. The highest BCUT2D eigenvalue weighted by Crippen LogP contribution is 2.13. The molecule has 5 nitrogen and oxygen atoms in total. The number of hydrogen-bond acceptors (Lipinski definition) is 3. The Kier molecular flexibility index (Phi) is 7.79. The number of hydrogen-bond donors (Lipinski definition) is 1. The lowest BCUT2D eigenvalue weighted by Crippen LogP contribution is -2.49. The number of ether oxygens (including phenoxy) is 1. The first-order valence-electron chi connectivity index (χ1n) is 9.00. The van der Waals surface area contributed by atoms with Gasteiger partial charge in [-0.05, 0) is 43.2 Å². The largest absolute Gasteiger partial charge is 0.484 e. The molecule has 27 heavy (non-hydrogen) atoms. The summed E-state index contributed by atoms with van der Waals surface area (Å²) >= 11 is 0. The first-order valence-corrected chi connectivity index (χ1v) is 9.00. The van der Waals surface area contributed by atoms with Crippen molar-refractivity contribution in [2.75, 3.05) is 13.2 Å². The SMILES string of the molecule is CCCNC(=O)[C@@H](C)N(Cc1ccccc1)C(=O)COc1ccc(F)cc1. The molecule has 6 heteroatoms. The van der Waals surface area contributed by atoms with Crippen LogP contribution in [0.1, 0.15) is 25.8 Å². The maximum absolute atomic E-state index is 13.0. The van der Waals surface area contributed by atoms with Gasteiger partial charge in [0, 0.05) is 13.1 Å². The van der Waals surface area contributed by atoms with Gasteiger partial charge in [0.25, 0.3) is 5.91 Å². The molecule has 0 unspecified atom stereocenters. The van der Waals surface area contributed by atoms with Crippen LogP contribution in [-0.4, -0.2) is 35.9 Å². The summed E-state index contributed by atoms with van der Waals surface area (Å²) in [5.41, 5.74) is 0.919. The number of benzene rings is 2. The van der Waals surface area contributed by atoms with Crippen molar-refractivity contribution in [3.63, 3.8) is 0 Å². The van der Waals surface area contributed by atoms with Gasteiger partial charge in [-0.15, -0.1) is 0 Å². The Morgan fingerprint density at radius 2 is 1.78 bits per heavy atom. The zero-order chi connectivity index (χ0) is 19.6. The van der Waals surface area contributed by atoms with E-state index in [4.69, 9.17) is 4.74 Å². The minimum atomic E-state index is -0.638. The number of nitrogens with zero attached hydrogens (tertiary/aromatic N) is 1. The molecule has 2 aromatic rings. The Balaban J connectivity index is 2.08. The number of halogens is 1. The van der Waals surface area contributed by atoms with Gasteiger partial charge >= 0.3 is 0 Å². The van der Waals surface area contributed by atoms with Gasteiger partial charge in [0.1, 0.15) is 17.6 Å². The predicted molar refractivity (Wildman–Crippen MR) is 102 cm³/mol. The number of amides is 2. The van der Waals surface area contributed by atoms with Gasteiger partial charge in [-0.25, -0.2) is 4.39 Å². The molecular formula is C21H25FN2O3. The minimum Gasteiger partial charge on any atom is -0.484 e. The number of rotatable bonds is 9. The van der Waals surface area contributed by atoms with E-state index in [0.29, 0.717) is 18.8 Å². The van der Waals surface area contributed by atoms with Gasteiger partial charge in [-0.1, -0.05) is 37.3 Å². The van der Waals surface area contributed by atoms with Gasteiger partial charge in [0.2, 0.25) is 5.91 Å². The van der Waals surface area contributed by atoms with Crippen molar-refractivity contribution in [2.24, 2.45) is 0 Å². The summed E-state index contributed by atoms with van der Waals surface area (Å²) < 4.78 is 18.4. The zero-order valence-corrected chi connectivity index (χ0v) is 15.7. The molecule has 0 aromatic heterocycles. The summed E-state index contributed by atoms with van der Waals surface area (Å²) in [6.45, 7) is 4.29. The third-order valence-electron chi connectivity index (χ3n) is 4.09. The molecule has 2 rings (SSSR count). The average molecular weight is 372 g/mol. The molecule has 1 N–H and O–H groups in total. The lowest BCUT2D eigenvalue weighted by molar-refractivity contribution is -0.142. The molecule has 0 spiro atoms. The number of nitrogens with one attached hydrogen (secondary N) is 1. The van der Waals surface area contributed by atoms with Gasteiger partial charge in [-0.2, -0.15) is 0 Å². The smallest absolute Gasteiger partial charge is 0.261 e. The molecule has 2 amide bonds. The van der Waals surface area contributed by atoms with E-state index in [1.165, 1.54) is 29.2 Å². The standard InChI is InChI=1S/C21H25FN2O3/c1-3-13-23-21(26)16(2)24(14-17-7-5-4-6-8-17)20(25)15-27-19-11-9-18(22)10-12-19/h4-12,16H,3,13-15H2,1-2H3,(H,23,26)/t16-/m1/s1. The molecule has 0 aliphatic rings. The van der Waals surface area contributed by atoms with E-state index in [9.17, 15) is 14.0 Å². The molecule has 144 valence electrons. The summed E-state index contributed by atoms with van der Waals surface area (Å²) in [5.74, 6) is -0.502. The first-order chi connectivity index (χ1) is 13.0. The van der Waals surface area contributed by atoms with E-state index in [1.54, 1.807) is 6.92 Å². The highest BCUT2D eigenvalue weighted by molar-refractivity contribution is 5.87. The van der Waals surface area contributed by atoms with Gasteiger partial charge in [0.15, 0.2) is 6.61 Å². The van der Waals surface area contributed by atoms with Crippen LogP contribution in [0, 0.1) is 5.82 Å². The van der Waals surface area contributed by atoms with Crippen LogP contribution in [0.25, 0.3) is 0 Å². The Bertz CT molecular complexity index is 735. The van der Waals surface area contributed by atoms with Crippen LogP contribution in [0.15, 0.2) is 54.6 Å². The Labute approximate surface area is 159 Å². The molecule has 0 radical (unpaired) electrons. The summed E-state index contributed by atoms with van der Waals surface area (Å²) in [7, 11) is 0. The normalized spacial score (nSPS) is 11.5. The molecule has 2 aromatic carbocycles. The molecule has 0 saturated carbocycles. The van der Waals surface area contributed by atoms with Crippen LogP contribution in [-0.2, 0) is 16.1 Å². The fourth-order valence-electron chi connectivity index (χ4n) is 2.52. The van der Waals surface area contributed by atoms with E-state index in [-0.39, 0.29) is 24.2 Å². The van der Waals surface area contributed by atoms with E-state index < -0.39 is 6.04 Å². The second kappa shape index (κ2) is 10.3.